The highest BCUT2D eigenvalue weighted by Crippen LogP contribution is 2.18. The van der Waals surface area contributed by atoms with Crippen LogP contribution in [0.2, 0.25) is 0 Å². The maximum atomic E-state index is 12.7. The van der Waals surface area contributed by atoms with Crippen molar-refractivity contribution < 1.29 is 13.6 Å². The summed E-state index contributed by atoms with van der Waals surface area (Å²) in [6.07, 6.45) is 1.60. The molecule has 1 heterocycles. The molecule has 0 fully saturated rings. The molecule has 0 saturated heterocycles. The van der Waals surface area contributed by atoms with Gasteiger partial charge in [-0.1, -0.05) is 0 Å². The van der Waals surface area contributed by atoms with Crippen LogP contribution in [0.4, 0.5) is 8.78 Å². The van der Waals surface area contributed by atoms with Gasteiger partial charge in [0, 0.05) is 17.0 Å². The highest BCUT2D eigenvalue weighted by Gasteiger charge is 2.06. The normalized spacial score (nSPS) is 10.6. The van der Waals surface area contributed by atoms with E-state index < -0.39 is 11.6 Å². The minimum atomic E-state index is -0.938. The van der Waals surface area contributed by atoms with Crippen LogP contribution in [0.5, 0.6) is 0 Å². The lowest BCUT2D eigenvalue weighted by Crippen LogP contribution is -1.82. The van der Waals surface area contributed by atoms with Gasteiger partial charge in [-0.25, -0.2) is 8.78 Å². The highest BCUT2D eigenvalue weighted by molar-refractivity contribution is 5.87. The van der Waals surface area contributed by atoms with Gasteiger partial charge in [-0.15, -0.1) is 0 Å². The third kappa shape index (κ3) is 1.20. The van der Waals surface area contributed by atoms with Crippen molar-refractivity contribution in [1.82, 2.24) is 4.98 Å². The number of aromatic nitrogens is 1. The fourth-order valence-corrected chi connectivity index (χ4v) is 1.18. The largest absolute Gasteiger partial charge is 0.352 e. The number of rotatable bonds is 1. The van der Waals surface area contributed by atoms with Crippen LogP contribution in [-0.4, -0.2) is 11.3 Å². The van der Waals surface area contributed by atoms with E-state index in [4.69, 9.17) is 0 Å². The van der Waals surface area contributed by atoms with Crippen molar-refractivity contribution in [2.24, 2.45) is 0 Å². The molecule has 2 aromatic rings. The molecule has 1 radical (unpaired) electrons. The quantitative estimate of drug-likeness (QED) is 0.714. The van der Waals surface area contributed by atoms with Gasteiger partial charge in [0.05, 0.1) is 5.69 Å². The van der Waals surface area contributed by atoms with Crippen LogP contribution in [0.3, 0.4) is 0 Å². The van der Waals surface area contributed by atoms with Crippen molar-refractivity contribution in [1.29, 1.82) is 0 Å². The monoisotopic (exact) mass is 180 g/mol. The average molecular weight is 180 g/mol. The molecule has 13 heavy (non-hydrogen) atoms. The molecule has 2 nitrogen and oxygen atoms in total. The Morgan fingerprint density at radius 3 is 2.54 bits per heavy atom. The number of nitrogens with one attached hydrogen (secondary N) is 1. The van der Waals surface area contributed by atoms with Crippen molar-refractivity contribution in [3.05, 3.63) is 35.5 Å². The van der Waals surface area contributed by atoms with E-state index in [2.05, 4.69) is 4.98 Å². The molecule has 2 rings (SSSR count). The summed E-state index contributed by atoms with van der Waals surface area (Å²) in [6.45, 7) is 0. The number of H-pyrrole nitrogens is 1. The van der Waals surface area contributed by atoms with Crippen LogP contribution in [0.25, 0.3) is 10.9 Å². The van der Waals surface area contributed by atoms with Crippen molar-refractivity contribution in [2.45, 2.75) is 0 Å². The van der Waals surface area contributed by atoms with Gasteiger partial charge >= 0.3 is 0 Å². The van der Waals surface area contributed by atoms with E-state index in [-0.39, 0.29) is 5.69 Å². The Labute approximate surface area is 72.2 Å². The molecular formula is C9H4F2NO. The van der Waals surface area contributed by atoms with E-state index in [1.807, 2.05) is 0 Å². The SMILES string of the molecule is O=[C]c1cc2cc(F)c(F)cc2[nH]1. The lowest BCUT2D eigenvalue weighted by Gasteiger charge is -1.91. The summed E-state index contributed by atoms with van der Waals surface area (Å²) in [5, 5.41) is 0.456. The summed E-state index contributed by atoms with van der Waals surface area (Å²) in [5.74, 6) is -1.87. The number of carbonyl (C=O) groups excluding carboxylic acids is 1. The Morgan fingerprint density at radius 2 is 1.85 bits per heavy atom. The van der Waals surface area contributed by atoms with E-state index in [0.29, 0.717) is 10.9 Å². The lowest BCUT2D eigenvalue weighted by molar-refractivity contribution is 0.511. The van der Waals surface area contributed by atoms with Gasteiger partial charge in [0.1, 0.15) is 0 Å². The van der Waals surface area contributed by atoms with Crippen molar-refractivity contribution in [3.63, 3.8) is 0 Å². The van der Waals surface area contributed by atoms with E-state index in [0.717, 1.165) is 12.1 Å². The van der Waals surface area contributed by atoms with Crippen LogP contribution >= 0.6 is 0 Å². The first-order valence-corrected chi connectivity index (χ1v) is 3.56. The number of hydrogen-bond donors (Lipinski definition) is 1. The van der Waals surface area contributed by atoms with Crippen LogP contribution < -0.4 is 0 Å². The summed E-state index contributed by atoms with van der Waals surface area (Å²) in [4.78, 5) is 12.8. The minimum absolute atomic E-state index is 0.181. The Morgan fingerprint density at radius 1 is 1.15 bits per heavy atom. The minimum Gasteiger partial charge on any atom is -0.352 e. The molecule has 1 aromatic carbocycles. The van der Waals surface area contributed by atoms with Gasteiger partial charge in [-0.3, -0.25) is 4.79 Å². The number of aromatic amines is 1. The zero-order valence-corrected chi connectivity index (χ0v) is 6.40. The molecule has 0 amide bonds. The first kappa shape index (κ1) is 7.91. The molecular weight excluding hydrogens is 176 g/mol. The molecule has 65 valence electrons. The van der Waals surface area contributed by atoms with Crippen LogP contribution in [0, 0.1) is 11.6 Å². The Hall–Kier alpha value is -1.71. The summed E-state index contributed by atoms with van der Waals surface area (Å²) >= 11 is 0. The van der Waals surface area contributed by atoms with E-state index in [1.165, 1.54) is 6.07 Å². The first-order chi connectivity index (χ1) is 6.20. The summed E-state index contributed by atoms with van der Waals surface area (Å²) < 4.78 is 25.3. The molecule has 0 aliphatic rings. The average Bonchev–Trinajstić information content (AvgIpc) is 2.48. The number of fused-ring (bicyclic) bond motifs is 1. The molecule has 1 aromatic heterocycles. The molecule has 0 aliphatic carbocycles. The van der Waals surface area contributed by atoms with Gasteiger partial charge in [0.2, 0.25) is 0 Å². The second kappa shape index (κ2) is 2.65. The number of benzene rings is 1. The zero-order chi connectivity index (χ0) is 9.42. The Bertz CT molecular complexity index is 437. The maximum Gasteiger partial charge on any atom is 0.251 e. The van der Waals surface area contributed by atoms with Gasteiger partial charge in [-0.2, -0.15) is 0 Å². The second-order valence-electron chi connectivity index (χ2n) is 2.64. The van der Waals surface area contributed by atoms with E-state index in [9.17, 15) is 13.6 Å². The van der Waals surface area contributed by atoms with Gasteiger partial charge in [0.15, 0.2) is 11.6 Å². The molecule has 0 spiro atoms. The van der Waals surface area contributed by atoms with Crippen molar-refractivity contribution in [2.75, 3.05) is 0 Å². The fraction of sp³-hybridized carbons (Fsp3) is 0. The Kier molecular flexibility index (Phi) is 1.62. The number of halogens is 2. The van der Waals surface area contributed by atoms with Crippen molar-refractivity contribution in [3.8, 4) is 0 Å². The molecule has 0 saturated carbocycles. The molecule has 0 atom stereocenters. The van der Waals surface area contributed by atoms with Gasteiger partial charge in [-0.05, 0) is 12.1 Å². The standard InChI is InChI=1S/C9H4F2NO/c10-7-2-5-1-6(4-13)12-9(5)3-8(7)11/h1-3,12H. The summed E-state index contributed by atoms with van der Waals surface area (Å²) in [6, 6.07) is 3.44. The summed E-state index contributed by atoms with van der Waals surface area (Å²) in [5.41, 5.74) is 0.567. The number of hydrogen-bond acceptors (Lipinski definition) is 1. The first-order valence-electron chi connectivity index (χ1n) is 3.56. The smallest absolute Gasteiger partial charge is 0.251 e. The zero-order valence-electron chi connectivity index (χ0n) is 6.40. The molecule has 1 N–H and O–H groups in total. The lowest BCUT2D eigenvalue weighted by atomic mass is 10.2. The predicted molar refractivity (Wildman–Crippen MR) is 43.0 cm³/mol. The predicted octanol–water partition coefficient (Wildman–Crippen LogP) is 1.90. The fourth-order valence-electron chi connectivity index (χ4n) is 1.18. The van der Waals surface area contributed by atoms with Crippen LogP contribution in [0.15, 0.2) is 18.2 Å². The van der Waals surface area contributed by atoms with Crippen molar-refractivity contribution >= 4 is 17.2 Å². The van der Waals surface area contributed by atoms with Gasteiger partial charge in [0.25, 0.3) is 6.29 Å². The Balaban J connectivity index is 2.77. The third-order valence-electron chi connectivity index (χ3n) is 1.77. The third-order valence-corrected chi connectivity index (χ3v) is 1.77. The maximum absolute atomic E-state index is 12.7. The van der Waals surface area contributed by atoms with Gasteiger partial charge < -0.3 is 4.98 Å². The van der Waals surface area contributed by atoms with E-state index in [1.54, 1.807) is 6.29 Å². The van der Waals surface area contributed by atoms with Crippen LogP contribution in [0.1, 0.15) is 5.69 Å². The highest BCUT2D eigenvalue weighted by atomic mass is 19.2. The second-order valence-corrected chi connectivity index (χ2v) is 2.64. The van der Waals surface area contributed by atoms with E-state index >= 15 is 0 Å². The molecule has 4 heteroatoms. The molecule has 0 unspecified atom stereocenters. The topological polar surface area (TPSA) is 32.9 Å². The molecule has 0 bridgehead atoms. The van der Waals surface area contributed by atoms with Crippen LogP contribution in [-0.2, 0) is 4.79 Å². The molecule has 0 aliphatic heterocycles. The summed E-state index contributed by atoms with van der Waals surface area (Å²) in [7, 11) is 0.